The van der Waals surface area contributed by atoms with Crippen LogP contribution in [-0.4, -0.2) is 10.8 Å². The lowest BCUT2D eigenvalue weighted by molar-refractivity contribution is -0.385. The number of aryl methyl sites for hydroxylation is 1. The topological polar surface area (TPSA) is 102 Å². The Kier molecular flexibility index (Phi) is 4.09. The van der Waals surface area contributed by atoms with Crippen LogP contribution >= 0.6 is 11.6 Å². The molecule has 6 nitrogen and oxygen atoms in total. The Balaban J connectivity index is 2.50. The molecule has 108 valence electrons. The Hall–Kier alpha value is -2.60. The van der Waals surface area contributed by atoms with E-state index in [2.05, 4.69) is 0 Å². The zero-order valence-corrected chi connectivity index (χ0v) is 11.8. The molecule has 0 aliphatic carbocycles. The second kappa shape index (κ2) is 5.80. The molecular weight excluding hydrogens is 294 g/mol. The number of amidine groups is 1. The number of nitrogens with zero attached hydrogens (tertiary/aromatic N) is 1. The van der Waals surface area contributed by atoms with Gasteiger partial charge in [0.2, 0.25) is 5.75 Å². The Bertz CT molecular complexity index is 731. The molecule has 21 heavy (non-hydrogen) atoms. The summed E-state index contributed by atoms with van der Waals surface area (Å²) in [5.74, 6) is 0.0910. The predicted octanol–water partition coefficient (Wildman–Crippen LogP) is 3.63. The molecule has 0 fully saturated rings. The van der Waals surface area contributed by atoms with Crippen molar-refractivity contribution in [3.8, 4) is 11.5 Å². The molecular formula is C14H12ClN3O3. The first-order valence-electron chi connectivity index (χ1n) is 5.95. The number of nitrogen functional groups attached to an aromatic ring is 1. The van der Waals surface area contributed by atoms with E-state index in [4.69, 9.17) is 27.5 Å². The first-order chi connectivity index (χ1) is 9.88. The van der Waals surface area contributed by atoms with Gasteiger partial charge in [-0.15, -0.1) is 0 Å². The SMILES string of the molecule is Cc1ccc([N+](=O)[O-])c(Oc2ccc(Cl)cc2C(=N)N)c1. The van der Waals surface area contributed by atoms with E-state index in [9.17, 15) is 10.1 Å². The molecule has 0 spiro atoms. The third-order valence-corrected chi connectivity index (χ3v) is 3.00. The number of halogens is 1. The normalized spacial score (nSPS) is 10.2. The van der Waals surface area contributed by atoms with E-state index in [1.54, 1.807) is 25.1 Å². The van der Waals surface area contributed by atoms with E-state index in [0.29, 0.717) is 5.02 Å². The molecule has 7 heteroatoms. The third kappa shape index (κ3) is 3.29. The lowest BCUT2D eigenvalue weighted by atomic mass is 10.1. The minimum Gasteiger partial charge on any atom is -0.449 e. The van der Waals surface area contributed by atoms with Crippen molar-refractivity contribution in [2.24, 2.45) is 5.73 Å². The average molecular weight is 306 g/mol. The molecule has 0 amide bonds. The number of hydrogen-bond donors (Lipinski definition) is 2. The predicted molar refractivity (Wildman–Crippen MR) is 80.4 cm³/mol. The summed E-state index contributed by atoms with van der Waals surface area (Å²) in [5.41, 5.74) is 6.40. The number of nitrogens with one attached hydrogen (secondary N) is 1. The van der Waals surface area contributed by atoms with Gasteiger partial charge in [-0.2, -0.15) is 0 Å². The van der Waals surface area contributed by atoms with Crippen LogP contribution < -0.4 is 10.5 Å². The molecule has 0 saturated heterocycles. The van der Waals surface area contributed by atoms with Gasteiger partial charge in [0.1, 0.15) is 11.6 Å². The van der Waals surface area contributed by atoms with Gasteiger partial charge < -0.3 is 10.5 Å². The summed E-state index contributed by atoms with van der Waals surface area (Å²) < 4.78 is 5.58. The third-order valence-electron chi connectivity index (χ3n) is 2.76. The van der Waals surface area contributed by atoms with Gasteiger partial charge in [-0.05, 0) is 36.8 Å². The van der Waals surface area contributed by atoms with Crippen molar-refractivity contribution in [2.75, 3.05) is 0 Å². The fraction of sp³-hybridized carbons (Fsp3) is 0.0714. The lowest BCUT2D eigenvalue weighted by Gasteiger charge is -2.11. The average Bonchev–Trinajstić information content (AvgIpc) is 2.40. The molecule has 0 radical (unpaired) electrons. The molecule has 0 aromatic heterocycles. The van der Waals surface area contributed by atoms with Crippen LogP contribution in [0.3, 0.4) is 0 Å². The highest BCUT2D eigenvalue weighted by Gasteiger charge is 2.18. The first-order valence-corrected chi connectivity index (χ1v) is 6.33. The molecule has 0 aliphatic heterocycles. The summed E-state index contributed by atoms with van der Waals surface area (Å²) >= 11 is 5.85. The van der Waals surface area contributed by atoms with Crippen molar-refractivity contribution in [1.82, 2.24) is 0 Å². The summed E-state index contributed by atoms with van der Waals surface area (Å²) in [6.45, 7) is 1.80. The quantitative estimate of drug-likeness (QED) is 0.389. The number of ether oxygens (including phenoxy) is 1. The van der Waals surface area contributed by atoms with E-state index in [-0.39, 0.29) is 28.6 Å². The number of nitrogens with two attached hydrogens (primary N) is 1. The number of rotatable bonds is 4. The highest BCUT2D eigenvalue weighted by atomic mass is 35.5. The minimum atomic E-state index is -0.530. The fourth-order valence-corrected chi connectivity index (χ4v) is 1.95. The summed E-state index contributed by atoms with van der Waals surface area (Å²) in [6, 6.07) is 9.10. The highest BCUT2D eigenvalue weighted by molar-refractivity contribution is 6.31. The van der Waals surface area contributed by atoms with Crippen molar-refractivity contribution in [2.45, 2.75) is 6.92 Å². The van der Waals surface area contributed by atoms with Gasteiger partial charge in [-0.1, -0.05) is 17.7 Å². The van der Waals surface area contributed by atoms with Crippen LogP contribution in [0.15, 0.2) is 36.4 Å². The van der Waals surface area contributed by atoms with Gasteiger partial charge in [0, 0.05) is 11.1 Å². The monoisotopic (exact) mass is 305 g/mol. The van der Waals surface area contributed by atoms with Crippen molar-refractivity contribution >= 4 is 23.1 Å². The summed E-state index contributed by atoms with van der Waals surface area (Å²) in [6.07, 6.45) is 0. The molecule has 0 saturated carbocycles. The van der Waals surface area contributed by atoms with Crippen LogP contribution in [0.2, 0.25) is 5.02 Å². The van der Waals surface area contributed by atoms with E-state index in [1.165, 1.54) is 18.2 Å². The molecule has 0 bridgehead atoms. The van der Waals surface area contributed by atoms with Gasteiger partial charge in [0.05, 0.1) is 10.5 Å². The second-order valence-electron chi connectivity index (χ2n) is 4.38. The number of nitro groups is 1. The molecule has 2 aromatic carbocycles. The van der Waals surface area contributed by atoms with E-state index in [0.717, 1.165) is 5.56 Å². The molecule has 0 unspecified atom stereocenters. The highest BCUT2D eigenvalue weighted by Crippen LogP contribution is 2.34. The molecule has 2 rings (SSSR count). The van der Waals surface area contributed by atoms with Gasteiger partial charge >= 0.3 is 5.69 Å². The van der Waals surface area contributed by atoms with E-state index < -0.39 is 4.92 Å². The zero-order valence-electron chi connectivity index (χ0n) is 11.1. The van der Waals surface area contributed by atoms with E-state index in [1.807, 2.05) is 0 Å². The Labute approximate surface area is 125 Å². The van der Waals surface area contributed by atoms with Gasteiger partial charge in [0.15, 0.2) is 0 Å². The Morgan fingerprint density at radius 2 is 2.00 bits per heavy atom. The Morgan fingerprint density at radius 1 is 1.29 bits per heavy atom. The van der Waals surface area contributed by atoms with Crippen LogP contribution in [0.5, 0.6) is 11.5 Å². The van der Waals surface area contributed by atoms with E-state index >= 15 is 0 Å². The van der Waals surface area contributed by atoms with Crippen molar-refractivity contribution in [3.63, 3.8) is 0 Å². The minimum absolute atomic E-state index is 0.0878. The fourth-order valence-electron chi connectivity index (χ4n) is 1.77. The number of hydrogen-bond acceptors (Lipinski definition) is 4. The van der Waals surface area contributed by atoms with Crippen molar-refractivity contribution in [1.29, 1.82) is 5.41 Å². The van der Waals surface area contributed by atoms with Gasteiger partial charge in [-0.3, -0.25) is 15.5 Å². The smallest absolute Gasteiger partial charge is 0.311 e. The maximum absolute atomic E-state index is 11.0. The van der Waals surface area contributed by atoms with Crippen LogP contribution in [-0.2, 0) is 0 Å². The largest absolute Gasteiger partial charge is 0.449 e. The van der Waals surface area contributed by atoms with Crippen LogP contribution in [0, 0.1) is 22.4 Å². The second-order valence-corrected chi connectivity index (χ2v) is 4.82. The molecule has 0 aliphatic rings. The molecule has 2 aromatic rings. The van der Waals surface area contributed by atoms with Gasteiger partial charge in [-0.25, -0.2) is 0 Å². The van der Waals surface area contributed by atoms with Crippen LogP contribution in [0.25, 0.3) is 0 Å². The molecule has 0 atom stereocenters. The summed E-state index contributed by atoms with van der Waals surface area (Å²) in [4.78, 5) is 10.5. The van der Waals surface area contributed by atoms with Crippen molar-refractivity contribution < 1.29 is 9.66 Å². The van der Waals surface area contributed by atoms with Crippen molar-refractivity contribution in [3.05, 3.63) is 62.7 Å². The maximum atomic E-state index is 11.0. The zero-order chi connectivity index (χ0) is 15.6. The lowest BCUT2D eigenvalue weighted by Crippen LogP contribution is -2.12. The van der Waals surface area contributed by atoms with Gasteiger partial charge in [0.25, 0.3) is 0 Å². The summed E-state index contributed by atoms with van der Waals surface area (Å²) in [5, 5.41) is 19.0. The van der Waals surface area contributed by atoms with Crippen LogP contribution in [0.1, 0.15) is 11.1 Å². The summed E-state index contributed by atoms with van der Waals surface area (Å²) in [7, 11) is 0. The number of benzene rings is 2. The number of nitro benzene ring substituents is 1. The first kappa shape index (κ1) is 14.8. The van der Waals surface area contributed by atoms with Crippen LogP contribution in [0.4, 0.5) is 5.69 Å². The standard InChI is InChI=1S/C14H12ClN3O3/c1-8-2-4-11(18(19)20)13(6-8)21-12-5-3-9(15)7-10(12)14(16)17/h2-7H,1H3,(H3,16,17). The molecule has 3 N–H and O–H groups in total. The molecule has 0 heterocycles. The Morgan fingerprint density at radius 3 is 2.62 bits per heavy atom. The maximum Gasteiger partial charge on any atom is 0.311 e.